The number of hydrogen-bond acceptors (Lipinski definition) is 6. The van der Waals surface area contributed by atoms with Crippen LogP contribution in [0.1, 0.15) is 20.9 Å². The first kappa shape index (κ1) is 16.5. The molecule has 1 N–H and O–H groups in total. The Hall–Kier alpha value is -2.32. The second-order valence-corrected chi connectivity index (χ2v) is 7.00. The van der Waals surface area contributed by atoms with Crippen molar-refractivity contribution in [3.05, 3.63) is 64.5 Å². The highest BCUT2D eigenvalue weighted by Gasteiger charge is 2.14. The third kappa shape index (κ3) is 4.15. The van der Waals surface area contributed by atoms with Crippen LogP contribution in [0.25, 0.3) is 0 Å². The fraction of sp³-hybridized carbons (Fsp3) is 0.125. The van der Waals surface area contributed by atoms with Crippen molar-refractivity contribution in [2.24, 2.45) is 0 Å². The van der Waals surface area contributed by atoms with Crippen molar-refractivity contribution in [1.29, 1.82) is 0 Å². The lowest BCUT2D eigenvalue weighted by molar-refractivity contribution is 0.102. The van der Waals surface area contributed by atoms with Gasteiger partial charge in [0.15, 0.2) is 0 Å². The molecule has 24 heavy (non-hydrogen) atoms. The summed E-state index contributed by atoms with van der Waals surface area (Å²) in [5, 5.41) is 12.3. The van der Waals surface area contributed by atoms with Gasteiger partial charge in [-0.3, -0.25) is 10.1 Å². The van der Waals surface area contributed by atoms with Gasteiger partial charge in [0.05, 0.1) is 5.56 Å². The van der Waals surface area contributed by atoms with E-state index in [1.54, 1.807) is 30.5 Å². The molecule has 2 aromatic heterocycles. The number of halogens is 1. The summed E-state index contributed by atoms with van der Waals surface area (Å²) < 4.78 is 12.9. The predicted octanol–water partition coefficient (Wildman–Crippen LogP) is 3.93. The maximum absolute atomic E-state index is 12.9. The van der Waals surface area contributed by atoms with Gasteiger partial charge in [0.2, 0.25) is 5.13 Å². The van der Waals surface area contributed by atoms with Gasteiger partial charge < -0.3 is 0 Å². The molecule has 0 aliphatic heterocycles. The van der Waals surface area contributed by atoms with E-state index in [9.17, 15) is 9.18 Å². The quantitative estimate of drug-likeness (QED) is 0.699. The summed E-state index contributed by atoms with van der Waals surface area (Å²) in [6, 6.07) is 9.69. The Bertz CT molecular complexity index is 851. The van der Waals surface area contributed by atoms with Crippen molar-refractivity contribution >= 4 is 34.1 Å². The van der Waals surface area contributed by atoms with E-state index in [0.29, 0.717) is 21.5 Å². The van der Waals surface area contributed by atoms with Crippen molar-refractivity contribution in [3.8, 4) is 0 Å². The van der Waals surface area contributed by atoms with Gasteiger partial charge in [-0.25, -0.2) is 9.37 Å². The summed E-state index contributed by atoms with van der Waals surface area (Å²) in [5.41, 5.74) is 1.43. The van der Waals surface area contributed by atoms with Crippen molar-refractivity contribution in [2.75, 3.05) is 5.32 Å². The Balaban J connectivity index is 1.72. The normalized spacial score (nSPS) is 10.6. The maximum atomic E-state index is 12.9. The molecule has 1 amide bonds. The van der Waals surface area contributed by atoms with Gasteiger partial charge in [0.1, 0.15) is 15.9 Å². The Labute approximate surface area is 146 Å². The minimum Gasteiger partial charge on any atom is -0.296 e. The second kappa shape index (κ2) is 7.50. The van der Waals surface area contributed by atoms with E-state index in [1.165, 1.54) is 35.2 Å². The average Bonchev–Trinajstić information content (AvgIpc) is 2.99. The lowest BCUT2D eigenvalue weighted by Gasteiger charge is -2.07. The molecule has 2 heterocycles. The Morgan fingerprint density at radius 3 is 2.75 bits per heavy atom. The van der Waals surface area contributed by atoms with Crippen molar-refractivity contribution in [1.82, 2.24) is 15.2 Å². The summed E-state index contributed by atoms with van der Waals surface area (Å²) in [5.74, 6) is 0.0463. The number of nitrogens with zero attached hydrogens (tertiary/aromatic N) is 3. The van der Waals surface area contributed by atoms with Crippen LogP contribution < -0.4 is 5.32 Å². The van der Waals surface area contributed by atoms with Gasteiger partial charge >= 0.3 is 0 Å². The number of carbonyl (C=O) groups excluding carboxylic acids is 1. The number of carbonyl (C=O) groups is 1. The molecule has 0 aliphatic carbocycles. The van der Waals surface area contributed by atoms with Crippen LogP contribution in [-0.4, -0.2) is 21.1 Å². The smallest absolute Gasteiger partial charge is 0.260 e. The van der Waals surface area contributed by atoms with Gasteiger partial charge in [-0.15, -0.1) is 22.0 Å². The predicted molar refractivity (Wildman–Crippen MR) is 92.8 cm³/mol. The molecule has 122 valence electrons. The Kier molecular flexibility index (Phi) is 5.17. The first-order valence-electron chi connectivity index (χ1n) is 7.05. The van der Waals surface area contributed by atoms with E-state index >= 15 is 0 Å². The number of benzene rings is 1. The van der Waals surface area contributed by atoms with Crippen molar-refractivity contribution in [2.45, 2.75) is 17.7 Å². The van der Waals surface area contributed by atoms with Gasteiger partial charge in [-0.05, 0) is 36.8 Å². The van der Waals surface area contributed by atoms with Gasteiger partial charge in [0.25, 0.3) is 5.91 Å². The lowest BCUT2D eigenvalue weighted by atomic mass is 10.2. The monoisotopic (exact) mass is 360 g/mol. The van der Waals surface area contributed by atoms with Crippen LogP contribution in [0.15, 0.2) is 47.6 Å². The highest BCUT2D eigenvalue weighted by atomic mass is 32.2. The number of hydrogen-bond donors (Lipinski definition) is 1. The molecular formula is C16H13FN4OS2. The summed E-state index contributed by atoms with van der Waals surface area (Å²) in [7, 11) is 0. The van der Waals surface area contributed by atoms with Gasteiger partial charge in [0, 0.05) is 11.9 Å². The van der Waals surface area contributed by atoms with Crippen LogP contribution in [0.4, 0.5) is 9.52 Å². The molecule has 0 fully saturated rings. The van der Waals surface area contributed by atoms with Crippen LogP contribution in [0.2, 0.25) is 0 Å². The minimum atomic E-state index is -0.277. The van der Waals surface area contributed by atoms with Crippen LogP contribution >= 0.6 is 23.1 Å². The number of thioether (sulfide) groups is 1. The first-order valence-corrected chi connectivity index (χ1v) is 8.86. The molecular weight excluding hydrogens is 347 g/mol. The van der Waals surface area contributed by atoms with Gasteiger partial charge in [-0.2, -0.15) is 0 Å². The highest BCUT2D eigenvalue weighted by Crippen LogP contribution is 2.25. The standard InChI is InChI=1S/C16H13FN4OS2/c1-10-20-21-16(24-10)19-14(22)13-3-2-8-18-15(13)23-9-11-4-6-12(17)7-5-11/h2-8H,9H2,1H3,(H,19,21,22). The molecule has 3 aromatic rings. The zero-order valence-corrected chi connectivity index (χ0v) is 14.3. The lowest BCUT2D eigenvalue weighted by Crippen LogP contribution is -2.13. The van der Waals surface area contributed by atoms with E-state index < -0.39 is 0 Å². The molecule has 3 rings (SSSR count). The van der Waals surface area contributed by atoms with E-state index in [2.05, 4.69) is 20.5 Å². The fourth-order valence-electron chi connectivity index (χ4n) is 1.92. The van der Waals surface area contributed by atoms with Crippen LogP contribution in [-0.2, 0) is 5.75 Å². The number of aromatic nitrogens is 3. The summed E-state index contributed by atoms with van der Waals surface area (Å²) in [6.07, 6.45) is 1.64. The third-order valence-electron chi connectivity index (χ3n) is 3.05. The Morgan fingerprint density at radius 2 is 2.04 bits per heavy atom. The average molecular weight is 360 g/mol. The number of nitrogens with one attached hydrogen (secondary N) is 1. The largest absolute Gasteiger partial charge is 0.296 e. The second-order valence-electron chi connectivity index (χ2n) is 4.85. The van der Waals surface area contributed by atoms with Crippen molar-refractivity contribution < 1.29 is 9.18 Å². The topological polar surface area (TPSA) is 67.8 Å². The van der Waals surface area contributed by atoms with Gasteiger partial charge in [-0.1, -0.05) is 23.5 Å². The van der Waals surface area contributed by atoms with E-state index in [1.807, 2.05) is 6.92 Å². The van der Waals surface area contributed by atoms with E-state index in [4.69, 9.17) is 0 Å². The number of amides is 1. The van der Waals surface area contributed by atoms with Crippen LogP contribution in [0.3, 0.4) is 0 Å². The van der Waals surface area contributed by atoms with E-state index in [-0.39, 0.29) is 11.7 Å². The number of pyridine rings is 1. The zero-order valence-electron chi connectivity index (χ0n) is 12.7. The minimum absolute atomic E-state index is 0.269. The van der Waals surface area contributed by atoms with E-state index in [0.717, 1.165) is 10.6 Å². The molecule has 1 aromatic carbocycles. The molecule has 0 radical (unpaired) electrons. The molecule has 0 saturated carbocycles. The van der Waals surface area contributed by atoms with Crippen molar-refractivity contribution in [3.63, 3.8) is 0 Å². The third-order valence-corrected chi connectivity index (χ3v) is 4.88. The Morgan fingerprint density at radius 1 is 1.25 bits per heavy atom. The van der Waals surface area contributed by atoms with Crippen LogP contribution in [0, 0.1) is 12.7 Å². The molecule has 0 atom stereocenters. The fourth-order valence-corrected chi connectivity index (χ4v) is 3.46. The zero-order chi connectivity index (χ0) is 16.9. The SMILES string of the molecule is Cc1nnc(NC(=O)c2cccnc2SCc2ccc(F)cc2)s1. The molecule has 0 aliphatic rings. The summed E-state index contributed by atoms with van der Waals surface area (Å²) >= 11 is 2.73. The first-order chi connectivity index (χ1) is 11.6. The molecule has 0 bridgehead atoms. The maximum Gasteiger partial charge on any atom is 0.260 e. The molecule has 0 unspecified atom stereocenters. The molecule has 5 nitrogen and oxygen atoms in total. The highest BCUT2D eigenvalue weighted by molar-refractivity contribution is 7.98. The van der Waals surface area contributed by atoms with Crippen LogP contribution in [0.5, 0.6) is 0 Å². The number of rotatable bonds is 5. The number of aryl methyl sites for hydroxylation is 1. The molecule has 8 heteroatoms. The number of anilines is 1. The molecule has 0 saturated heterocycles. The summed E-state index contributed by atoms with van der Waals surface area (Å²) in [6.45, 7) is 1.82. The molecule has 0 spiro atoms. The summed E-state index contributed by atoms with van der Waals surface area (Å²) in [4.78, 5) is 16.7.